The number of phenols is 1. The van der Waals surface area contributed by atoms with Crippen LogP contribution < -0.4 is 21.8 Å². The van der Waals surface area contributed by atoms with Crippen molar-refractivity contribution in [3.8, 4) is 5.75 Å². The number of hydrogen-bond acceptors (Lipinski definition) is 7. The number of aromatic hydroxyl groups is 1. The molecule has 164 valence electrons. The summed E-state index contributed by atoms with van der Waals surface area (Å²) >= 11 is 0. The number of carbonyl (C=O) groups is 1. The Hall–Kier alpha value is -3.95. The molecule has 0 spiro atoms. The summed E-state index contributed by atoms with van der Waals surface area (Å²) in [5.41, 5.74) is -0.960. The number of nitrogens with zero attached hydrogens (tertiary/aromatic N) is 2. The molecule has 31 heavy (non-hydrogen) atoms. The molecule has 0 radical (unpaired) electrons. The number of aromatic nitrogens is 2. The van der Waals surface area contributed by atoms with Gasteiger partial charge in [0.25, 0.3) is 17.0 Å². The summed E-state index contributed by atoms with van der Waals surface area (Å²) in [5, 5.41) is 18.9. The second kappa shape index (κ2) is 8.82. The number of hydrogen-bond donors (Lipinski definition) is 4. The van der Waals surface area contributed by atoms with Crippen LogP contribution in [0.4, 0.5) is 17.1 Å². The van der Waals surface area contributed by atoms with E-state index in [0.29, 0.717) is 12.2 Å². The normalized spacial score (nSPS) is 11.7. The second-order valence-electron chi connectivity index (χ2n) is 7.20. The number of rotatable bonds is 7. The van der Waals surface area contributed by atoms with E-state index < -0.39 is 17.0 Å². The number of phenolic OH excluding ortho intramolecular Hbond substituents is 1. The maximum absolute atomic E-state index is 12.8. The van der Waals surface area contributed by atoms with Crippen LogP contribution >= 0.6 is 0 Å². The third-order valence-electron chi connectivity index (χ3n) is 4.81. The molecule has 2 heterocycles. The van der Waals surface area contributed by atoms with Crippen molar-refractivity contribution in [2.24, 2.45) is 7.05 Å². The van der Waals surface area contributed by atoms with Gasteiger partial charge in [-0.1, -0.05) is 13.0 Å². The van der Waals surface area contributed by atoms with Gasteiger partial charge in [-0.2, -0.15) is 0 Å². The van der Waals surface area contributed by atoms with Crippen LogP contribution in [0.1, 0.15) is 35.5 Å². The highest BCUT2D eigenvalue weighted by Gasteiger charge is 2.22. The first-order valence-corrected chi connectivity index (χ1v) is 9.68. The molecule has 2 aromatic heterocycles. The highest BCUT2D eigenvalue weighted by molar-refractivity contribution is 5.98. The van der Waals surface area contributed by atoms with Crippen LogP contribution in [-0.4, -0.2) is 39.8 Å². The average molecular weight is 427 g/mol. The van der Waals surface area contributed by atoms with Crippen LogP contribution in [0.5, 0.6) is 5.75 Å². The lowest BCUT2D eigenvalue weighted by atomic mass is 10.1. The van der Waals surface area contributed by atoms with Crippen molar-refractivity contribution >= 4 is 23.0 Å². The first kappa shape index (κ1) is 21.8. The monoisotopic (exact) mass is 427 g/mol. The van der Waals surface area contributed by atoms with Crippen molar-refractivity contribution in [2.75, 3.05) is 24.7 Å². The Morgan fingerprint density at radius 3 is 2.58 bits per heavy atom. The number of aryl methyl sites for hydroxylation is 1. The number of aromatic amines is 1. The summed E-state index contributed by atoms with van der Waals surface area (Å²) in [5.74, 6) is -0.122. The molecule has 10 heteroatoms. The number of carbonyl (C=O) groups excluding carboxylic acids is 1. The minimum Gasteiger partial charge on any atom is -0.505 e. The lowest BCUT2D eigenvalue weighted by molar-refractivity contribution is 0.0824. The second-order valence-corrected chi connectivity index (χ2v) is 7.20. The molecule has 0 aliphatic heterocycles. The Morgan fingerprint density at radius 1 is 1.23 bits per heavy atom. The molecule has 1 amide bonds. The number of anilines is 3. The SMILES string of the molecule is CCC(Nc1c(Nc2cccc(C(=O)N(C)C)c2O)c(=O)[nH]n(C)c1=O)c1ccco1. The molecule has 4 N–H and O–H groups in total. The van der Waals surface area contributed by atoms with Crippen LogP contribution in [-0.2, 0) is 7.05 Å². The Kier molecular flexibility index (Phi) is 6.19. The molecule has 3 aromatic rings. The predicted molar refractivity (Wildman–Crippen MR) is 117 cm³/mol. The minimum atomic E-state index is -0.581. The number of nitrogens with one attached hydrogen (secondary N) is 3. The van der Waals surface area contributed by atoms with Gasteiger partial charge in [0.15, 0.2) is 5.75 Å². The first-order valence-electron chi connectivity index (χ1n) is 9.68. The Morgan fingerprint density at radius 2 is 1.97 bits per heavy atom. The fraction of sp³-hybridized carbons (Fsp3) is 0.286. The van der Waals surface area contributed by atoms with Crippen molar-refractivity contribution in [1.82, 2.24) is 14.7 Å². The van der Waals surface area contributed by atoms with Crippen molar-refractivity contribution in [3.05, 3.63) is 68.6 Å². The van der Waals surface area contributed by atoms with Gasteiger partial charge < -0.3 is 25.1 Å². The van der Waals surface area contributed by atoms with Gasteiger partial charge in [0.2, 0.25) is 0 Å². The van der Waals surface area contributed by atoms with Crippen molar-refractivity contribution in [1.29, 1.82) is 0 Å². The molecule has 0 bridgehead atoms. The zero-order chi connectivity index (χ0) is 22.7. The summed E-state index contributed by atoms with van der Waals surface area (Å²) in [6.45, 7) is 1.91. The smallest absolute Gasteiger partial charge is 0.290 e. The fourth-order valence-electron chi connectivity index (χ4n) is 3.13. The van der Waals surface area contributed by atoms with Crippen molar-refractivity contribution in [3.63, 3.8) is 0 Å². The standard InChI is InChI=1S/C21H25N5O5/c1-5-13(15-10-7-11-31-15)22-17-16(19(28)24-26(4)21(17)30)23-14-9-6-8-12(18(14)27)20(29)25(2)3/h6-11,13,22-23,27H,5H2,1-4H3,(H,24,28). The zero-order valence-electron chi connectivity index (χ0n) is 17.7. The van der Waals surface area contributed by atoms with Gasteiger partial charge in [-0.15, -0.1) is 0 Å². The molecule has 10 nitrogen and oxygen atoms in total. The van der Waals surface area contributed by atoms with Crippen LogP contribution in [0.25, 0.3) is 0 Å². The molecule has 3 rings (SSSR count). The summed E-state index contributed by atoms with van der Waals surface area (Å²) in [6, 6.07) is 7.69. The fourth-order valence-corrected chi connectivity index (χ4v) is 3.13. The van der Waals surface area contributed by atoms with Crippen molar-refractivity contribution in [2.45, 2.75) is 19.4 Å². The van der Waals surface area contributed by atoms with Crippen LogP contribution in [0.3, 0.4) is 0 Å². The van der Waals surface area contributed by atoms with E-state index in [1.165, 1.54) is 30.3 Å². The molecule has 0 saturated carbocycles. The zero-order valence-corrected chi connectivity index (χ0v) is 17.7. The number of benzene rings is 1. The molecule has 1 unspecified atom stereocenters. The average Bonchev–Trinajstić information content (AvgIpc) is 3.27. The van der Waals surface area contributed by atoms with E-state index in [-0.39, 0.29) is 34.4 Å². The molecular weight excluding hydrogens is 402 g/mol. The van der Waals surface area contributed by atoms with Gasteiger partial charge in [0.1, 0.15) is 17.1 Å². The van der Waals surface area contributed by atoms with E-state index in [0.717, 1.165) is 4.68 Å². The van der Waals surface area contributed by atoms with Gasteiger partial charge in [0.05, 0.1) is 23.6 Å². The first-order chi connectivity index (χ1) is 14.7. The Bertz CT molecular complexity index is 1190. The topological polar surface area (TPSA) is 133 Å². The van der Waals surface area contributed by atoms with Gasteiger partial charge >= 0.3 is 0 Å². The van der Waals surface area contributed by atoms with E-state index in [2.05, 4.69) is 15.7 Å². The summed E-state index contributed by atoms with van der Waals surface area (Å²) in [6.07, 6.45) is 2.11. The van der Waals surface area contributed by atoms with Crippen molar-refractivity contribution < 1.29 is 14.3 Å². The van der Waals surface area contributed by atoms with Gasteiger partial charge in [0, 0.05) is 21.1 Å². The maximum atomic E-state index is 12.8. The molecule has 1 atom stereocenters. The number of H-pyrrole nitrogens is 1. The van der Waals surface area contributed by atoms with E-state index in [1.807, 2.05) is 6.92 Å². The summed E-state index contributed by atoms with van der Waals surface area (Å²) < 4.78 is 6.51. The van der Waals surface area contributed by atoms with Crippen LogP contribution in [0.2, 0.25) is 0 Å². The number of para-hydroxylation sites is 1. The Labute approximate surface area is 178 Å². The van der Waals surface area contributed by atoms with Gasteiger partial charge in [-0.3, -0.25) is 24.2 Å². The highest BCUT2D eigenvalue weighted by Crippen LogP contribution is 2.32. The molecule has 0 aliphatic rings. The quantitative estimate of drug-likeness (QED) is 0.426. The van der Waals surface area contributed by atoms with Gasteiger partial charge in [-0.25, -0.2) is 0 Å². The number of amides is 1. The Balaban J connectivity index is 2.08. The van der Waals surface area contributed by atoms with E-state index in [1.54, 1.807) is 32.3 Å². The highest BCUT2D eigenvalue weighted by atomic mass is 16.3. The number of furan rings is 1. The summed E-state index contributed by atoms with van der Waals surface area (Å²) in [4.78, 5) is 39.2. The predicted octanol–water partition coefficient (Wildman–Crippen LogP) is 2.38. The maximum Gasteiger partial charge on any atom is 0.290 e. The minimum absolute atomic E-state index is 0.0123. The lowest BCUT2D eigenvalue weighted by Crippen LogP contribution is -2.32. The van der Waals surface area contributed by atoms with E-state index >= 15 is 0 Å². The van der Waals surface area contributed by atoms with E-state index in [4.69, 9.17) is 4.42 Å². The van der Waals surface area contributed by atoms with E-state index in [9.17, 15) is 19.5 Å². The molecule has 0 saturated heterocycles. The molecule has 0 aliphatic carbocycles. The third-order valence-corrected chi connectivity index (χ3v) is 4.81. The van der Waals surface area contributed by atoms with Crippen LogP contribution in [0.15, 0.2) is 50.6 Å². The largest absolute Gasteiger partial charge is 0.505 e. The van der Waals surface area contributed by atoms with Crippen LogP contribution in [0, 0.1) is 0 Å². The molecule has 0 fully saturated rings. The third kappa shape index (κ3) is 4.32. The summed E-state index contributed by atoms with van der Waals surface area (Å²) in [7, 11) is 4.56. The lowest BCUT2D eigenvalue weighted by Gasteiger charge is -2.20. The molecular formula is C21H25N5O5. The molecule has 1 aromatic carbocycles. The van der Waals surface area contributed by atoms with Gasteiger partial charge in [-0.05, 0) is 30.7 Å².